The highest BCUT2D eigenvalue weighted by molar-refractivity contribution is 5.49. The standard InChI is InChI=1S/C11H9N3O3/c12-5-8-9(6-14(15)16)7-3-1-2-4-10(7)17-11(8)13/h1-4,9H,6,13H2/t9-/m0/s1. The molecule has 0 radical (unpaired) electrons. The molecule has 1 aromatic rings. The molecule has 6 nitrogen and oxygen atoms in total. The van der Waals surface area contributed by atoms with Crippen molar-refractivity contribution in [3.05, 3.63) is 51.4 Å². The Labute approximate surface area is 97.1 Å². The summed E-state index contributed by atoms with van der Waals surface area (Å²) in [6.07, 6.45) is 0. The van der Waals surface area contributed by atoms with Crippen LogP contribution in [0.5, 0.6) is 5.75 Å². The van der Waals surface area contributed by atoms with E-state index in [-0.39, 0.29) is 18.0 Å². The first-order valence-electron chi connectivity index (χ1n) is 4.91. The predicted octanol–water partition coefficient (Wildman–Crippen LogP) is 1.13. The highest BCUT2D eigenvalue weighted by Gasteiger charge is 2.32. The van der Waals surface area contributed by atoms with Gasteiger partial charge in [0.1, 0.15) is 17.4 Å². The number of nitrogens with two attached hydrogens (primary N) is 1. The molecule has 1 aliphatic heterocycles. The molecule has 1 atom stereocenters. The van der Waals surface area contributed by atoms with Crippen molar-refractivity contribution in [1.29, 1.82) is 5.26 Å². The lowest BCUT2D eigenvalue weighted by atomic mass is 9.89. The SMILES string of the molecule is N#CC1=C(N)Oc2ccccc2[C@@H]1C[N+](=O)[O-]. The van der Waals surface area contributed by atoms with E-state index in [0.717, 1.165) is 0 Å². The Hall–Kier alpha value is -2.55. The molecular weight excluding hydrogens is 222 g/mol. The molecule has 1 aromatic carbocycles. The fourth-order valence-corrected chi connectivity index (χ4v) is 1.83. The number of fused-ring (bicyclic) bond motifs is 1. The third-order valence-electron chi connectivity index (χ3n) is 2.58. The van der Waals surface area contributed by atoms with Crippen LogP contribution in [0, 0.1) is 21.4 Å². The first-order valence-corrected chi connectivity index (χ1v) is 4.91. The molecule has 6 heteroatoms. The van der Waals surface area contributed by atoms with Crippen LogP contribution in [0.25, 0.3) is 0 Å². The van der Waals surface area contributed by atoms with Crippen molar-refractivity contribution in [3.63, 3.8) is 0 Å². The molecule has 0 saturated heterocycles. The van der Waals surface area contributed by atoms with Gasteiger partial charge >= 0.3 is 0 Å². The second-order valence-electron chi connectivity index (χ2n) is 3.60. The summed E-state index contributed by atoms with van der Waals surface area (Å²) >= 11 is 0. The third-order valence-corrected chi connectivity index (χ3v) is 2.58. The molecule has 2 rings (SSSR count). The highest BCUT2D eigenvalue weighted by atomic mass is 16.6. The first-order chi connectivity index (χ1) is 8.13. The summed E-state index contributed by atoms with van der Waals surface area (Å²) in [6, 6.07) is 8.73. The van der Waals surface area contributed by atoms with Crippen LogP contribution in [-0.2, 0) is 0 Å². The molecule has 0 aromatic heterocycles. The van der Waals surface area contributed by atoms with E-state index in [2.05, 4.69) is 0 Å². The Morgan fingerprint density at radius 2 is 2.24 bits per heavy atom. The number of para-hydroxylation sites is 1. The Bertz CT molecular complexity index is 545. The number of rotatable bonds is 2. The molecule has 17 heavy (non-hydrogen) atoms. The number of ether oxygens (including phenoxy) is 1. The van der Waals surface area contributed by atoms with Crippen LogP contribution >= 0.6 is 0 Å². The van der Waals surface area contributed by atoms with E-state index in [1.807, 2.05) is 6.07 Å². The fourth-order valence-electron chi connectivity index (χ4n) is 1.83. The fraction of sp³-hybridized carbons (Fsp3) is 0.182. The van der Waals surface area contributed by atoms with Gasteiger partial charge in [0.2, 0.25) is 12.4 Å². The van der Waals surface area contributed by atoms with Gasteiger partial charge in [0.25, 0.3) is 0 Å². The number of hydrogen-bond acceptors (Lipinski definition) is 5. The maximum absolute atomic E-state index is 10.6. The Kier molecular flexibility index (Phi) is 2.66. The molecular formula is C11H9N3O3. The quantitative estimate of drug-likeness (QED) is 0.607. The molecule has 0 amide bonds. The molecule has 2 N–H and O–H groups in total. The summed E-state index contributed by atoms with van der Waals surface area (Å²) in [5, 5.41) is 19.6. The second kappa shape index (κ2) is 4.14. The van der Waals surface area contributed by atoms with Crippen molar-refractivity contribution < 1.29 is 9.66 Å². The molecule has 0 spiro atoms. The summed E-state index contributed by atoms with van der Waals surface area (Å²) in [7, 11) is 0. The van der Waals surface area contributed by atoms with Gasteiger partial charge in [0.15, 0.2) is 0 Å². The van der Waals surface area contributed by atoms with E-state index >= 15 is 0 Å². The minimum absolute atomic E-state index is 0.0574. The third kappa shape index (κ3) is 1.90. The molecule has 1 aliphatic rings. The van der Waals surface area contributed by atoms with Gasteiger partial charge in [-0.25, -0.2) is 0 Å². The Balaban J connectivity index is 2.51. The van der Waals surface area contributed by atoms with E-state index in [1.54, 1.807) is 24.3 Å². The zero-order valence-electron chi connectivity index (χ0n) is 8.79. The van der Waals surface area contributed by atoms with E-state index in [1.165, 1.54) is 0 Å². The summed E-state index contributed by atoms with van der Waals surface area (Å²) < 4.78 is 5.26. The number of benzene rings is 1. The summed E-state index contributed by atoms with van der Waals surface area (Å²) in [5.74, 6) is -0.228. The number of nitro groups is 1. The molecule has 1 heterocycles. The average molecular weight is 231 g/mol. The lowest BCUT2D eigenvalue weighted by molar-refractivity contribution is -0.482. The van der Waals surface area contributed by atoms with Crippen molar-refractivity contribution in [1.82, 2.24) is 0 Å². The summed E-state index contributed by atoms with van der Waals surface area (Å²) in [6.45, 7) is -0.371. The predicted molar refractivity (Wildman–Crippen MR) is 58.5 cm³/mol. The van der Waals surface area contributed by atoms with Gasteiger partial charge in [-0.05, 0) is 6.07 Å². The number of hydrogen-bond donors (Lipinski definition) is 1. The van der Waals surface area contributed by atoms with Crippen molar-refractivity contribution >= 4 is 0 Å². The maximum atomic E-state index is 10.6. The Morgan fingerprint density at radius 1 is 1.53 bits per heavy atom. The topological polar surface area (TPSA) is 102 Å². The maximum Gasteiger partial charge on any atom is 0.215 e. The monoisotopic (exact) mass is 231 g/mol. The Morgan fingerprint density at radius 3 is 2.88 bits per heavy atom. The van der Waals surface area contributed by atoms with Crippen LogP contribution in [0.2, 0.25) is 0 Å². The van der Waals surface area contributed by atoms with Gasteiger partial charge in [-0.1, -0.05) is 18.2 Å². The van der Waals surface area contributed by atoms with E-state index < -0.39 is 10.8 Å². The molecule has 0 bridgehead atoms. The van der Waals surface area contributed by atoms with Crippen LogP contribution in [0.3, 0.4) is 0 Å². The normalized spacial score (nSPS) is 17.9. The van der Waals surface area contributed by atoms with Crippen molar-refractivity contribution in [2.45, 2.75) is 5.92 Å². The van der Waals surface area contributed by atoms with E-state index in [0.29, 0.717) is 11.3 Å². The van der Waals surface area contributed by atoms with Gasteiger partial charge in [0.05, 0.1) is 5.92 Å². The van der Waals surface area contributed by atoms with Crippen molar-refractivity contribution in [2.75, 3.05) is 6.54 Å². The second-order valence-corrected chi connectivity index (χ2v) is 3.60. The van der Waals surface area contributed by atoms with Crippen LogP contribution in [0.15, 0.2) is 35.7 Å². The van der Waals surface area contributed by atoms with Gasteiger partial charge in [0, 0.05) is 10.5 Å². The minimum atomic E-state index is -0.639. The van der Waals surface area contributed by atoms with Crippen LogP contribution in [0.1, 0.15) is 11.5 Å². The highest BCUT2D eigenvalue weighted by Crippen LogP contribution is 2.37. The lowest BCUT2D eigenvalue weighted by Gasteiger charge is -2.23. The van der Waals surface area contributed by atoms with Crippen LogP contribution in [0.4, 0.5) is 0 Å². The largest absolute Gasteiger partial charge is 0.440 e. The molecule has 0 fully saturated rings. The zero-order chi connectivity index (χ0) is 12.4. The molecule has 86 valence electrons. The smallest absolute Gasteiger partial charge is 0.215 e. The molecule has 0 saturated carbocycles. The van der Waals surface area contributed by atoms with Gasteiger partial charge in [-0.15, -0.1) is 0 Å². The van der Waals surface area contributed by atoms with Crippen LogP contribution < -0.4 is 10.5 Å². The van der Waals surface area contributed by atoms with Crippen molar-refractivity contribution in [3.8, 4) is 11.8 Å². The number of nitrogens with zero attached hydrogens (tertiary/aromatic N) is 2. The zero-order valence-corrected chi connectivity index (χ0v) is 8.79. The van der Waals surface area contributed by atoms with Gasteiger partial charge < -0.3 is 10.5 Å². The van der Waals surface area contributed by atoms with E-state index in [9.17, 15) is 10.1 Å². The van der Waals surface area contributed by atoms with Crippen molar-refractivity contribution in [2.24, 2.45) is 5.73 Å². The van der Waals surface area contributed by atoms with Gasteiger partial charge in [-0.3, -0.25) is 10.1 Å². The molecule has 0 unspecified atom stereocenters. The van der Waals surface area contributed by atoms with Crippen LogP contribution in [-0.4, -0.2) is 11.5 Å². The lowest BCUT2D eigenvalue weighted by Crippen LogP contribution is -2.24. The van der Waals surface area contributed by atoms with Gasteiger partial charge in [-0.2, -0.15) is 5.26 Å². The van der Waals surface area contributed by atoms with E-state index in [4.69, 9.17) is 15.7 Å². The average Bonchev–Trinajstić information content (AvgIpc) is 2.28. The first kappa shape index (κ1) is 11.0. The summed E-state index contributed by atoms with van der Waals surface area (Å²) in [4.78, 5) is 10.2. The minimum Gasteiger partial charge on any atom is -0.440 e. The molecule has 0 aliphatic carbocycles. The summed E-state index contributed by atoms with van der Waals surface area (Å²) in [5.41, 5.74) is 6.31. The number of nitriles is 1.